The van der Waals surface area contributed by atoms with Crippen LogP contribution in [0.25, 0.3) is 0 Å². The van der Waals surface area contributed by atoms with Crippen molar-refractivity contribution in [2.75, 3.05) is 0 Å². The smallest absolute Gasteiger partial charge is 0.165 e. The predicted octanol–water partition coefficient (Wildman–Crippen LogP) is 3.45. The van der Waals surface area contributed by atoms with Gasteiger partial charge in [-0.05, 0) is 42.4 Å². The van der Waals surface area contributed by atoms with E-state index in [0.29, 0.717) is 18.5 Å². The van der Waals surface area contributed by atoms with Gasteiger partial charge in [-0.15, -0.1) is 0 Å². The van der Waals surface area contributed by atoms with Crippen molar-refractivity contribution in [1.82, 2.24) is 5.32 Å². The van der Waals surface area contributed by atoms with Gasteiger partial charge in [-0.2, -0.15) is 0 Å². The van der Waals surface area contributed by atoms with Gasteiger partial charge in [-0.3, -0.25) is 0 Å². The maximum Gasteiger partial charge on any atom is 0.165 e. The summed E-state index contributed by atoms with van der Waals surface area (Å²) < 4.78 is 13.2. The van der Waals surface area contributed by atoms with Crippen molar-refractivity contribution in [1.29, 1.82) is 0 Å². The van der Waals surface area contributed by atoms with Gasteiger partial charge in [0.15, 0.2) is 11.6 Å². The maximum atomic E-state index is 13.2. The minimum absolute atomic E-state index is 0.279. The third kappa shape index (κ3) is 2.83. The number of benzene rings is 1. The SMILES string of the molecule is CCC1CCC(NCc2ccc(O)c(F)c2)C1C. The highest BCUT2D eigenvalue weighted by Gasteiger charge is 2.30. The van der Waals surface area contributed by atoms with E-state index < -0.39 is 5.82 Å². The summed E-state index contributed by atoms with van der Waals surface area (Å²) in [7, 11) is 0. The van der Waals surface area contributed by atoms with Gasteiger partial charge in [0.25, 0.3) is 0 Å². The van der Waals surface area contributed by atoms with Crippen LogP contribution in [0, 0.1) is 17.7 Å². The highest BCUT2D eigenvalue weighted by atomic mass is 19.1. The van der Waals surface area contributed by atoms with Crippen molar-refractivity contribution >= 4 is 0 Å². The largest absolute Gasteiger partial charge is 0.505 e. The van der Waals surface area contributed by atoms with E-state index in [1.165, 1.54) is 31.4 Å². The Morgan fingerprint density at radius 3 is 2.78 bits per heavy atom. The number of halogens is 1. The quantitative estimate of drug-likeness (QED) is 0.859. The maximum absolute atomic E-state index is 13.2. The van der Waals surface area contributed by atoms with E-state index >= 15 is 0 Å². The first-order valence-electron chi connectivity index (χ1n) is 6.82. The van der Waals surface area contributed by atoms with E-state index in [1.54, 1.807) is 6.07 Å². The van der Waals surface area contributed by atoms with Crippen LogP contribution < -0.4 is 5.32 Å². The second kappa shape index (κ2) is 5.70. The van der Waals surface area contributed by atoms with Gasteiger partial charge < -0.3 is 10.4 Å². The summed E-state index contributed by atoms with van der Waals surface area (Å²) in [6.07, 6.45) is 3.74. The van der Waals surface area contributed by atoms with Gasteiger partial charge in [0, 0.05) is 12.6 Å². The molecule has 0 aliphatic heterocycles. The topological polar surface area (TPSA) is 32.3 Å². The highest BCUT2D eigenvalue weighted by molar-refractivity contribution is 5.27. The fourth-order valence-electron chi connectivity index (χ4n) is 3.02. The molecule has 0 saturated heterocycles. The number of nitrogens with one attached hydrogen (secondary N) is 1. The zero-order valence-corrected chi connectivity index (χ0v) is 11.1. The molecule has 0 radical (unpaired) electrons. The van der Waals surface area contributed by atoms with E-state index in [1.807, 2.05) is 0 Å². The molecule has 2 nitrogen and oxygen atoms in total. The molecule has 2 N–H and O–H groups in total. The van der Waals surface area contributed by atoms with E-state index in [2.05, 4.69) is 19.2 Å². The summed E-state index contributed by atoms with van der Waals surface area (Å²) in [6, 6.07) is 5.12. The monoisotopic (exact) mass is 251 g/mol. The molecule has 1 aromatic rings. The molecule has 1 aliphatic rings. The second-order valence-corrected chi connectivity index (χ2v) is 5.38. The molecular weight excluding hydrogens is 229 g/mol. The molecule has 3 atom stereocenters. The molecule has 18 heavy (non-hydrogen) atoms. The molecule has 2 rings (SSSR count). The Morgan fingerprint density at radius 2 is 2.17 bits per heavy atom. The standard InChI is InChI=1S/C15H22FNO/c1-3-12-5-6-14(10(12)2)17-9-11-4-7-15(18)13(16)8-11/h4,7-8,10,12,14,17-18H,3,5-6,9H2,1-2H3. The summed E-state index contributed by atoms with van der Waals surface area (Å²) in [5.74, 6) is 0.690. The van der Waals surface area contributed by atoms with Crippen LogP contribution in [0.3, 0.4) is 0 Å². The Bertz CT molecular complexity index is 407. The summed E-state index contributed by atoms with van der Waals surface area (Å²) in [4.78, 5) is 0. The van der Waals surface area contributed by atoms with E-state index in [0.717, 1.165) is 11.5 Å². The molecule has 0 amide bonds. The summed E-state index contributed by atoms with van der Waals surface area (Å²) >= 11 is 0. The summed E-state index contributed by atoms with van der Waals surface area (Å²) in [5.41, 5.74) is 0.887. The molecule has 3 unspecified atom stereocenters. The predicted molar refractivity (Wildman–Crippen MR) is 70.9 cm³/mol. The van der Waals surface area contributed by atoms with Crippen molar-refractivity contribution in [3.05, 3.63) is 29.6 Å². The van der Waals surface area contributed by atoms with Gasteiger partial charge in [0.2, 0.25) is 0 Å². The Kier molecular flexibility index (Phi) is 4.23. The number of aromatic hydroxyl groups is 1. The Labute approximate surface area is 108 Å². The number of phenolic OH excluding ortho intramolecular Hbond substituents is 1. The average molecular weight is 251 g/mol. The van der Waals surface area contributed by atoms with Crippen LogP contribution in [0.4, 0.5) is 4.39 Å². The van der Waals surface area contributed by atoms with Crippen molar-refractivity contribution in [3.8, 4) is 5.75 Å². The molecule has 3 heteroatoms. The fraction of sp³-hybridized carbons (Fsp3) is 0.600. The molecule has 0 aromatic heterocycles. The van der Waals surface area contributed by atoms with Crippen LogP contribution >= 0.6 is 0 Å². The van der Waals surface area contributed by atoms with Crippen molar-refractivity contribution < 1.29 is 9.50 Å². The first-order valence-corrected chi connectivity index (χ1v) is 6.82. The van der Waals surface area contributed by atoms with Crippen LogP contribution in [0.5, 0.6) is 5.75 Å². The van der Waals surface area contributed by atoms with Crippen molar-refractivity contribution in [2.24, 2.45) is 11.8 Å². The van der Waals surface area contributed by atoms with Crippen LogP contribution in [0.2, 0.25) is 0 Å². The lowest BCUT2D eigenvalue weighted by Crippen LogP contribution is -2.32. The zero-order valence-electron chi connectivity index (χ0n) is 11.1. The molecule has 1 fully saturated rings. The van der Waals surface area contributed by atoms with Crippen molar-refractivity contribution in [2.45, 2.75) is 45.7 Å². The lowest BCUT2D eigenvalue weighted by Gasteiger charge is -2.21. The number of hydrogen-bond acceptors (Lipinski definition) is 2. The van der Waals surface area contributed by atoms with E-state index in [4.69, 9.17) is 5.11 Å². The van der Waals surface area contributed by atoms with Gasteiger partial charge in [-0.25, -0.2) is 4.39 Å². The lowest BCUT2D eigenvalue weighted by molar-refractivity contribution is 0.344. The first kappa shape index (κ1) is 13.3. The molecule has 1 saturated carbocycles. The lowest BCUT2D eigenvalue weighted by atomic mass is 9.93. The minimum Gasteiger partial charge on any atom is -0.505 e. The van der Waals surface area contributed by atoms with Gasteiger partial charge in [-0.1, -0.05) is 26.3 Å². The van der Waals surface area contributed by atoms with E-state index in [-0.39, 0.29) is 5.75 Å². The Morgan fingerprint density at radius 1 is 1.39 bits per heavy atom. The molecular formula is C15H22FNO. The molecule has 0 heterocycles. The third-order valence-electron chi connectivity index (χ3n) is 4.33. The minimum atomic E-state index is -0.541. The fourth-order valence-corrected chi connectivity index (χ4v) is 3.02. The number of rotatable bonds is 4. The first-order chi connectivity index (χ1) is 8.61. The molecule has 0 spiro atoms. The molecule has 1 aromatic carbocycles. The molecule has 1 aliphatic carbocycles. The summed E-state index contributed by atoms with van der Waals surface area (Å²) in [5, 5.41) is 12.6. The highest BCUT2D eigenvalue weighted by Crippen LogP contribution is 2.34. The average Bonchev–Trinajstić information content (AvgIpc) is 2.72. The van der Waals surface area contributed by atoms with Gasteiger partial charge >= 0.3 is 0 Å². The molecule has 0 bridgehead atoms. The third-order valence-corrected chi connectivity index (χ3v) is 4.33. The van der Waals surface area contributed by atoms with Crippen LogP contribution in [-0.2, 0) is 6.54 Å². The Hall–Kier alpha value is -1.09. The van der Waals surface area contributed by atoms with Gasteiger partial charge in [0.1, 0.15) is 0 Å². The molecule has 100 valence electrons. The van der Waals surface area contributed by atoms with E-state index in [9.17, 15) is 4.39 Å². The Balaban J connectivity index is 1.90. The second-order valence-electron chi connectivity index (χ2n) is 5.38. The summed E-state index contributed by atoms with van der Waals surface area (Å²) in [6.45, 7) is 5.22. The normalized spacial score (nSPS) is 27.6. The van der Waals surface area contributed by atoms with Gasteiger partial charge in [0.05, 0.1) is 0 Å². The van der Waals surface area contributed by atoms with Crippen LogP contribution in [-0.4, -0.2) is 11.1 Å². The number of phenols is 1. The van der Waals surface area contributed by atoms with Crippen molar-refractivity contribution in [3.63, 3.8) is 0 Å². The van der Waals surface area contributed by atoms with Crippen LogP contribution in [0.15, 0.2) is 18.2 Å². The number of hydrogen-bond donors (Lipinski definition) is 2. The van der Waals surface area contributed by atoms with Crippen LogP contribution in [0.1, 0.15) is 38.7 Å². The zero-order chi connectivity index (χ0) is 13.1.